The maximum absolute atomic E-state index is 12.6. The Hall–Kier alpha value is -2.87. The van der Waals surface area contributed by atoms with Crippen LogP contribution < -0.4 is 9.47 Å². The van der Waals surface area contributed by atoms with Crippen molar-refractivity contribution in [2.75, 3.05) is 13.7 Å². The molecule has 4 atom stereocenters. The number of carbonyl (C=O) groups excluding carboxylic acids is 2. The first kappa shape index (κ1) is 18.5. The maximum Gasteiger partial charge on any atom is 0.341 e. The van der Waals surface area contributed by atoms with Crippen LogP contribution in [0.15, 0.2) is 29.4 Å². The summed E-state index contributed by atoms with van der Waals surface area (Å²) in [5.74, 6) is -1.79. The van der Waals surface area contributed by atoms with E-state index in [1.165, 1.54) is 25.5 Å². The molecule has 2 bridgehead atoms. The molecule has 9 heteroatoms. The highest BCUT2D eigenvalue weighted by Crippen LogP contribution is 2.52. The lowest BCUT2D eigenvalue weighted by atomic mass is 9.85. The second-order valence-corrected chi connectivity index (χ2v) is 7.36. The molecule has 0 spiro atoms. The maximum atomic E-state index is 12.6. The number of hydrogen-bond donors (Lipinski definition) is 1. The van der Waals surface area contributed by atoms with Crippen molar-refractivity contribution in [2.24, 2.45) is 28.8 Å². The Kier molecular flexibility index (Phi) is 4.58. The predicted molar refractivity (Wildman–Crippen MR) is 98.3 cm³/mol. The van der Waals surface area contributed by atoms with E-state index in [2.05, 4.69) is 5.10 Å². The Morgan fingerprint density at radius 1 is 1.29 bits per heavy atom. The molecule has 2 fully saturated rings. The Morgan fingerprint density at radius 2 is 1.93 bits per heavy atom. The van der Waals surface area contributed by atoms with E-state index in [-0.39, 0.29) is 52.0 Å². The van der Waals surface area contributed by atoms with Gasteiger partial charge in [0.2, 0.25) is 0 Å². The third-order valence-electron chi connectivity index (χ3n) is 5.36. The smallest absolute Gasteiger partial charge is 0.341 e. The van der Waals surface area contributed by atoms with Crippen LogP contribution in [0.3, 0.4) is 0 Å². The number of hydrazone groups is 1. The molecular formula is C19H17ClN2O6. The topological polar surface area (TPSA) is 106 Å². The highest BCUT2D eigenvalue weighted by atomic mass is 35.5. The Bertz CT molecular complexity index is 897. The van der Waals surface area contributed by atoms with E-state index in [0.717, 1.165) is 11.4 Å². The van der Waals surface area contributed by atoms with Crippen molar-refractivity contribution in [1.82, 2.24) is 5.01 Å². The summed E-state index contributed by atoms with van der Waals surface area (Å²) in [7, 11) is 1.39. The molecule has 8 nitrogen and oxygen atoms in total. The molecule has 3 aliphatic rings. The highest BCUT2D eigenvalue weighted by Gasteiger charge is 2.59. The van der Waals surface area contributed by atoms with Gasteiger partial charge in [0.15, 0.2) is 18.1 Å². The number of ether oxygens (including phenoxy) is 2. The van der Waals surface area contributed by atoms with Crippen LogP contribution in [0.5, 0.6) is 11.5 Å². The molecule has 0 radical (unpaired) electrons. The summed E-state index contributed by atoms with van der Waals surface area (Å²) >= 11 is 6.16. The number of carbonyl (C=O) groups is 3. The molecule has 0 aromatic heterocycles. The molecule has 1 aliphatic heterocycles. The molecule has 2 amide bonds. The van der Waals surface area contributed by atoms with Crippen LogP contribution in [0.25, 0.3) is 0 Å². The number of hydrogen-bond acceptors (Lipinski definition) is 6. The summed E-state index contributed by atoms with van der Waals surface area (Å²) in [5, 5.41) is 13.9. The van der Waals surface area contributed by atoms with E-state index in [9.17, 15) is 14.4 Å². The first-order valence-corrected chi connectivity index (χ1v) is 9.10. The number of aliphatic carboxylic acids is 1. The second-order valence-electron chi connectivity index (χ2n) is 6.95. The van der Waals surface area contributed by atoms with Crippen molar-refractivity contribution in [1.29, 1.82) is 0 Å². The number of rotatable bonds is 6. The Labute approximate surface area is 165 Å². The normalized spacial score (nSPS) is 27.7. The van der Waals surface area contributed by atoms with Crippen molar-refractivity contribution in [3.05, 3.63) is 34.9 Å². The summed E-state index contributed by atoms with van der Waals surface area (Å²) in [5.41, 5.74) is 0.475. The van der Waals surface area contributed by atoms with Gasteiger partial charge in [-0.15, -0.1) is 0 Å². The number of carboxylic acids is 1. The molecule has 2 aliphatic carbocycles. The van der Waals surface area contributed by atoms with Crippen LogP contribution >= 0.6 is 11.6 Å². The standard InChI is InChI=1S/C19H17ClN2O6/c1-27-13-5-9(4-12(20)17(13)28-8-14(23)24)7-21-22-18(25)15-10-2-3-11(6-10)16(15)19(22)26/h2-5,7,10-11,15-16H,6,8H2,1H3,(H,23,24)/b21-7-/t10-,11-,15-,16+/m0/s1. The van der Waals surface area contributed by atoms with Gasteiger partial charge in [0.25, 0.3) is 11.8 Å². The van der Waals surface area contributed by atoms with Gasteiger partial charge in [-0.2, -0.15) is 10.1 Å². The number of imide groups is 1. The second kappa shape index (κ2) is 6.94. The Morgan fingerprint density at radius 3 is 2.50 bits per heavy atom. The minimum Gasteiger partial charge on any atom is -0.493 e. The number of benzene rings is 1. The predicted octanol–water partition coefficient (Wildman–Crippen LogP) is 1.95. The zero-order chi connectivity index (χ0) is 20.0. The van der Waals surface area contributed by atoms with Crippen LogP contribution in [0.1, 0.15) is 12.0 Å². The average molecular weight is 405 g/mol. The number of halogens is 1. The SMILES string of the molecule is COc1cc(/C=N\N2C(=O)[C@@H]3[C@H](C2=O)[C@H]2C=C[C@H]3C2)cc(Cl)c1OCC(=O)O. The van der Waals surface area contributed by atoms with Crippen LogP contribution in [0, 0.1) is 23.7 Å². The molecule has 1 heterocycles. The average Bonchev–Trinajstić information content (AvgIpc) is 3.33. The van der Waals surface area contributed by atoms with Gasteiger partial charge in [0.05, 0.1) is 30.2 Å². The van der Waals surface area contributed by atoms with Crippen LogP contribution in [-0.2, 0) is 14.4 Å². The van der Waals surface area contributed by atoms with Gasteiger partial charge >= 0.3 is 5.97 Å². The summed E-state index contributed by atoms with van der Waals surface area (Å²) in [6.45, 7) is -0.570. The van der Waals surface area contributed by atoms with Crippen molar-refractivity contribution in [3.63, 3.8) is 0 Å². The van der Waals surface area contributed by atoms with Gasteiger partial charge in [0.1, 0.15) is 0 Å². The minimum atomic E-state index is -1.15. The quantitative estimate of drug-likeness (QED) is 0.441. The van der Waals surface area contributed by atoms with E-state index >= 15 is 0 Å². The number of methoxy groups -OCH3 is 1. The fourth-order valence-corrected chi connectivity index (χ4v) is 4.49. The molecule has 28 heavy (non-hydrogen) atoms. The van der Waals surface area contributed by atoms with Crippen molar-refractivity contribution >= 4 is 35.6 Å². The van der Waals surface area contributed by atoms with Gasteiger partial charge in [-0.1, -0.05) is 23.8 Å². The largest absolute Gasteiger partial charge is 0.493 e. The number of allylic oxidation sites excluding steroid dienone is 2. The molecule has 1 saturated heterocycles. The van der Waals surface area contributed by atoms with E-state index < -0.39 is 12.6 Å². The van der Waals surface area contributed by atoms with E-state index in [0.29, 0.717) is 5.56 Å². The summed E-state index contributed by atoms with van der Waals surface area (Å²) in [6.07, 6.45) is 6.24. The third kappa shape index (κ3) is 2.93. The Balaban J connectivity index is 1.55. The van der Waals surface area contributed by atoms with Crippen molar-refractivity contribution in [3.8, 4) is 11.5 Å². The first-order valence-electron chi connectivity index (χ1n) is 8.73. The van der Waals surface area contributed by atoms with Crippen molar-refractivity contribution < 1.29 is 29.0 Å². The van der Waals surface area contributed by atoms with Crippen LogP contribution in [0.2, 0.25) is 5.02 Å². The van der Waals surface area contributed by atoms with Crippen LogP contribution in [-0.4, -0.2) is 47.8 Å². The third-order valence-corrected chi connectivity index (χ3v) is 5.64. The van der Waals surface area contributed by atoms with Crippen LogP contribution in [0.4, 0.5) is 0 Å². The molecule has 1 saturated carbocycles. The lowest BCUT2D eigenvalue weighted by Gasteiger charge is -2.13. The van der Waals surface area contributed by atoms with E-state index in [4.69, 9.17) is 26.2 Å². The van der Waals surface area contributed by atoms with Gasteiger partial charge in [0, 0.05) is 0 Å². The van der Waals surface area contributed by atoms with Gasteiger partial charge in [-0.05, 0) is 36.0 Å². The van der Waals surface area contributed by atoms with Gasteiger partial charge in [-0.3, -0.25) is 9.59 Å². The first-order chi connectivity index (χ1) is 13.4. The number of fused-ring (bicyclic) bond motifs is 5. The minimum absolute atomic E-state index is 0.0919. The lowest BCUT2D eigenvalue weighted by Crippen LogP contribution is -2.28. The molecular weight excluding hydrogens is 388 g/mol. The van der Waals surface area contributed by atoms with Crippen molar-refractivity contribution in [2.45, 2.75) is 6.42 Å². The molecule has 1 aromatic rings. The summed E-state index contributed by atoms with van der Waals surface area (Å²) < 4.78 is 10.3. The number of carboxylic acid groups (broad SMARTS) is 1. The highest BCUT2D eigenvalue weighted by molar-refractivity contribution is 6.32. The van der Waals surface area contributed by atoms with Gasteiger partial charge in [-0.25, -0.2) is 4.79 Å². The fraction of sp³-hybridized carbons (Fsp3) is 0.368. The van der Waals surface area contributed by atoms with E-state index in [1.54, 1.807) is 0 Å². The van der Waals surface area contributed by atoms with E-state index in [1.807, 2.05) is 12.2 Å². The molecule has 1 aromatic carbocycles. The number of nitrogens with zero attached hydrogens (tertiary/aromatic N) is 2. The van der Waals surface area contributed by atoms with Gasteiger partial charge < -0.3 is 14.6 Å². The zero-order valence-corrected chi connectivity index (χ0v) is 15.6. The molecule has 4 rings (SSSR count). The molecule has 1 N–H and O–H groups in total. The summed E-state index contributed by atoms with van der Waals surface area (Å²) in [6, 6.07) is 3.02. The fourth-order valence-electron chi connectivity index (χ4n) is 4.21. The zero-order valence-electron chi connectivity index (χ0n) is 14.9. The monoisotopic (exact) mass is 404 g/mol. The molecule has 146 valence electrons. The number of amides is 2. The molecule has 0 unspecified atom stereocenters. The lowest BCUT2D eigenvalue weighted by molar-refractivity contribution is -0.141. The summed E-state index contributed by atoms with van der Waals surface area (Å²) in [4.78, 5) is 36.0.